The van der Waals surface area contributed by atoms with Gasteiger partial charge in [0.25, 0.3) is 0 Å². The topological polar surface area (TPSA) is 0 Å². The van der Waals surface area contributed by atoms with Gasteiger partial charge in [0.1, 0.15) is 0 Å². The molecule has 0 atom stereocenters. The summed E-state index contributed by atoms with van der Waals surface area (Å²) >= 11 is 3.31. The van der Waals surface area contributed by atoms with Gasteiger partial charge in [-0.3, -0.25) is 0 Å². The first-order valence-corrected chi connectivity index (χ1v) is 2.89. The van der Waals surface area contributed by atoms with Crippen molar-refractivity contribution in [3.63, 3.8) is 0 Å². The van der Waals surface area contributed by atoms with Gasteiger partial charge < -0.3 is 0 Å². The third-order valence-corrected chi connectivity index (χ3v) is 1.26. The second-order valence-corrected chi connectivity index (χ2v) is 2.21. The van der Waals surface area contributed by atoms with Crippen LogP contribution in [0.4, 0.5) is 0 Å². The molecule has 0 nitrogen and oxygen atoms in total. The van der Waals surface area contributed by atoms with E-state index in [0.29, 0.717) is 0 Å². The fourth-order valence-electron chi connectivity index (χ4n) is 0.415. The number of hydrogen-bond donors (Lipinski definition) is 0. The Hall–Kier alpha value is -0.300. The van der Waals surface area contributed by atoms with E-state index < -0.39 is 0 Å². The molecule has 1 rings (SSSR count). The van der Waals surface area contributed by atoms with Crippen molar-refractivity contribution in [2.24, 2.45) is 0 Å². The molecule has 0 bridgehead atoms. The maximum atomic E-state index is 3.31. The highest BCUT2D eigenvalue weighted by atomic mass is 79.9. The molecule has 0 radical (unpaired) electrons. The van der Waals surface area contributed by atoms with Crippen LogP contribution in [0.5, 0.6) is 0 Å². The van der Waals surface area contributed by atoms with E-state index in [1.54, 1.807) is 0 Å². The van der Waals surface area contributed by atoms with Gasteiger partial charge in [-0.15, -0.1) is 0 Å². The first-order chi connectivity index (χ1) is 3.39. The summed E-state index contributed by atoms with van der Waals surface area (Å²) in [6.45, 7) is 0. The number of halogens is 1. The lowest BCUT2D eigenvalue weighted by Gasteiger charge is -1.80. The van der Waals surface area contributed by atoms with Crippen LogP contribution in [-0.4, -0.2) is 0 Å². The Bertz CT molecular complexity index is 138. The summed E-state index contributed by atoms with van der Waals surface area (Å²) in [4.78, 5) is 0. The zero-order chi connectivity index (χ0) is 5.11. The molecule has 38 valence electrons. The van der Waals surface area contributed by atoms with Gasteiger partial charge in [-0.05, 0) is 12.1 Å². The minimum atomic E-state index is 0. The molecule has 1 aromatic rings. The number of benzene rings is 1. The third kappa shape index (κ3) is 1.32. The quantitative estimate of drug-likeness (QED) is 0.547. The molecule has 0 unspecified atom stereocenters. The molecular weight excluding hydrogens is 152 g/mol. The van der Waals surface area contributed by atoms with Gasteiger partial charge in [-0.25, -0.2) is 0 Å². The zero-order valence-corrected chi connectivity index (χ0v) is 5.35. The lowest BCUT2D eigenvalue weighted by atomic mass is 10.4. The van der Waals surface area contributed by atoms with E-state index in [0.717, 1.165) is 4.47 Å². The maximum absolute atomic E-state index is 3.31. The van der Waals surface area contributed by atoms with Crippen LogP contribution in [0.25, 0.3) is 0 Å². The van der Waals surface area contributed by atoms with Crippen LogP contribution in [0, 0.1) is 0 Å². The van der Waals surface area contributed by atoms with E-state index in [1.165, 1.54) is 0 Å². The molecule has 0 aromatic heterocycles. The second kappa shape index (κ2) is 2.12. The van der Waals surface area contributed by atoms with Crippen LogP contribution >= 0.6 is 15.9 Å². The molecular formula is C6H7Br. The molecule has 0 aliphatic carbocycles. The SMILES string of the molecule is Brc1ccccc1.[2HH]. The molecule has 0 fully saturated rings. The van der Waals surface area contributed by atoms with Crippen LogP contribution < -0.4 is 0 Å². The first-order valence-electron chi connectivity index (χ1n) is 2.10. The van der Waals surface area contributed by atoms with Crippen molar-refractivity contribution in [3.05, 3.63) is 34.8 Å². The Balaban J connectivity index is 0.000000490. The molecule has 0 amide bonds. The van der Waals surface area contributed by atoms with Crippen molar-refractivity contribution in [3.8, 4) is 0 Å². The molecule has 0 spiro atoms. The van der Waals surface area contributed by atoms with Crippen molar-refractivity contribution < 1.29 is 1.43 Å². The molecule has 7 heavy (non-hydrogen) atoms. The van der Waals surface area contributed by atoms with Crippen molar-refractivity contribution in [1.82, 2.24) is 0 Å². The largest absolute Gasteiger partial charge is 0.0622 e. The van der Waals surface area contributed by atoms with Gasteiger partial charge in [0, 0.05) is 5.90 Å². The van der Waals surface area contributed by atoms with Crippen molar-refractivity contribution in [2.75, 3.05) is 0 Å². The van der Waals surface area contributed by atoms with E-state index >= 15 is 0 Å². The highest BCUT2D eigenvalue weighted by Crippen LogP contribution is 2.05. The van der Waals surface area contributed by atoms with E-state index in [4.69, 9.17) is 0 Å². The Morgan fingerprint density at radius 1 is 1.14 bits per heavy atom. The summed E-state index contributed by atoms with van der Waals surface area (Å²) in [6, 6.07) is 9.97. The van der Waals surface area contributed by atoms with Crippen LogP contribution in [0.15, 0.2) is 34.8 Å². The summed E-state index contributed by atoms with van der Waals surface area (Å²) in [5, 5.41) is 0. The maximum Gasteiger partial charge on any atom is 0.0175 e. The minimum absolute atomic E-state index is 0. The molecule has 0 N–H and O–H groups in total. The fraction of sp³-hybridized carbons (Fsp3) is 0. The van der Waals surface area contributed by atoms with Gasteiger partial charge in [0.15, 0.2) is 0 Å². The van der Waals surface area contributed by atoms with E-state index in [1.807, 2.05) is 30.3 Å². The van der Waals surface area contributed by atoms with E-state index in [2.05, 4.69) is 15.9 Å². The van der Waals surface area contributed by atoms with Gasteiger partial charge in [-0.1, -0.05) is 34.1 Å². The van der Waals surface area contributed by atoms with Crippen LogP contribution in [0.3, 0.4) is 0 Å². The van der Waals surface area contributed by atoms with Crippen LogP contribution in [0.1, 0.15) is 1.43 Å². The summed E-state index contributed by atoms with van der Waals surface area (Å²) < 4.78 is 1.13. The standard InChI is InChI=1S/C6H5Br.H2/c7-6-4-2-1-3-5-6;/h1-5H;1H/i;1+1. The molecule has 0 saturated carbocycles. The minimum Gasteiger partial charge on any atom is -0.0622 e. The summed E-state index contributed by atoms with van der Waals surface area (Å²) in [6.07, 6.45) is 0. The monoisotopic (exact) mass is 159 g/mol. The average molecular weight is 160 g/mol. The molecule has 1 aromatic carbocycles. The molecule has 0 aliphatic rings. The van der Waals surface area contributed by atoms with Gasteiger partial charge in [0.05, 0.1) is 0 Å². The van der Waals surface area contributed by atoms with Crippen molar-refractivity contribution >= 4 is 15.9 Å². The lowest BCUT2D eigenvalue weighted by molar-refractivity contribution is 1.66. The average Bonchev–Trinajstić information content (AvgIpc) is 1.69. The highest BCUT2D eigenvalue weighted by molar-refractivity contribution is 9.10. The Labute approximate surface area is 52.8 Å². The number of rotatable bonds is 0. The fourth-order valence-corrected chi connectivity index (χ4v) is 0.720. The lowest BCUT2D eigenvalue weighted by Crippen LogP contribution is -1.55. The Morgan fingerprint density at radius 3 is 2.00 bits per heavy atom. The molecule has 0 heterocycles. The smallest absolute Gasteiger partial charge is 0.0175 e. The third-order valence-electron chi connectivity index (χ3n) is 0.733. The predicted octanol–water partition coefficient (Wildman–Crippen LogP) is 2.70. The Kier molecular flexibility index (Phi) is 1.47. The van der Waals surface area contributed by atoms with Crippen LogP contribution in [-0.2, 0) is 0 Å². The summed E-state index contributed by atoms with van der Waals surface area (Å²) in [5.74, 6) is 0. The molecule has 0 aliphatic heterocycles. The van der Waals surface area contributed by atoms with E-state index in [-0.39, 0.29) is 1.43 Å². The van der Waals surface area contributed by atoms with Crippen LogP contribution in [0.2, 0.25) is 0 Å². The van der Waals surface area contributed by atoms with Gasteiger partial charge in [-0.2, -0.15) is 0 Å². The second-order valence-electron chi connectivity index (χ2n) is 1.30. The number of hydrogen-bond acceptors (Lipinski definition) is 0. The normalized spacial score (nSPS) is 8.71. The van der Waals surface area contributed by atoms with Crippen molar-refractivity contribution in [1.29, 1.82) is 0 Å². The molecule has 0 saturated heterocycles. The van der Waals surface area contributed by atoms with E-state index in [9.17, 15) is 0 Å². The van der Waals surface area contributed by atoms with Gasteiger partial charge in [0.2, 0.25) is 0 Å². The first kappa shape index (κ1) is 4.85. The van der Waals surface area contributed by atoms with Gasteiger partial charge >= 0.3 is 0 Å². The predicted molar refractivity (Wildman–Crippen MR) is 36.3 cm³/mol. The summed E-state index contributed by atoms with van der Waals surface area (Å²) in [7, 11) is 0. The summed E-state index contributed by atoms with van der Waals surface area (Å²) in [5.41, 5.74) is 0. The zero-order valence-electron chi connectivity index (χ0n) is 3.76. The molecule has 1 heteroatoms. The Morgan fingerprint density at radius 2 is 1.71 bits per heavy atom. The van der Waals surface area contributed by atoms with Crippen molar-refractivity contribution in [2.45, 2.75) is 0 Å². The highest BCUT2D eigenvalue weighted by Gasteiger charge is 1.74.